The third-order valence-corrected chi connectivity index (χ3v) is 4.01. The summed E-state index contributed by atoms with van der Waals surface area (Å²) in [5.74, 6) is 2.58. The van der Waals surface area contributed by atoms with Crippen molar-refractivity contribution in [3.05, 3.63) is 54.4 Å². The average Bonchev–Trinajstić information content (AvgIpc) is 3.24. The molecule has 4 rings (SSSR count). The van der Waals surface area contributed by atoms with Crippen molar-refractivity contribution in [1.82, 2.24) is 15.3 Å². The van der Waals surface area contributed by atoms with Crippen molar-refractivity contribution in [2.75, 3.05) is 6.54 Å². The molecule has 0 bridgehead atoms. The molecule has 4 heteroatoms. The SMILES string of the molecule is c1nc2ccc(Oc3ccc(CNCC4CC4)cc3)cc2[nH]1. The molecule has 0 saturated heterocycles. The van der Waals surface area contributed by atoms with Gasteiger partial charge in [-0.2, -0.15) is 0 Å². The van der Waals surface area contributed by atoms with Gasteiger partial charge in [-0.15, -0.1) is 0 Å². The molecule has 112 valence electrons. The summed E-state index contributed by atoms with van der Waals surface area (Å²) >= 11 is 0. The summed E-state index contributed by atoms with van der Waals surface area (Å²) in [5, 5.41) is 3.50. The molecule has 0 spiro atoms. The molecular weight excluding hydrogens is 274 g/mol. The van der Waals surface area contributed by atoms with Crippen LogP contribution >= 0.6 is 0 Å². The Morgan fingerprint density at radius 1 is 1.09 bits per heavy atom. The fourth-order valence-electron chi connectivity index (χ4n) is 2.53. The molecule has 1 aromatic heterocycles. The molecule has 2 N–H and O–H groups in total. The smallest absolute Gasteiger partial charge is 0.129 e. The summed E-state index contributed by atoms with van der Waals surface area (Å²) in [6.45, 7) is 2.07. The fraction of sp³-hybridized carbons (Fsp3) is 0.278. The number of aromatic amines is 1. The molecule has 22 heavy (non-hydrogen) atoms. The maximum Gasteiger partial charge on any atom is 0.129 e. The van der Waals surface area contributed by atoms with Crippen LogP contribution in [0.1, 0.15) is 18.4 Å². The van der Waals surface area contributed by atoms with E-state index < -0.39 is 0 Å². The first-order valence-corrected chi connectivity index (χ1v) is 7.77. The highest BCUT2D eigenvalue weighted by Gasteiger charge is 2.19. The minimum Gasteiger partial charge on any atom is -0.457 e. The molecule has 1 aliphatic rings. The largest absolute Gasteiger partial charge is 0.457 e. The lowest BCUT2D eigenvalue weighted by atomic mass is 10.2. The van der Waals surface area contributed by atoms with E-state index in [0.717, 1.165) is 41.5 Å². The molecule has 0 aliphatic heterocycles. The molecule has 1 saturated carbocycles. The minimum absolute atomic E-state index is 0.816. The number of rotatable bonds is 6. The summed E-state index contributed by atoms with van der Waals surface area (Å²) in [7, 11) is 0. The summed E-state index contributed by atoms with van der Waals surface area (Å²) < 4.78 is 5.90. The third-order valence-electron chi connectivity index (χ3n) is 4.01. The maximum absolute atomic E-state index is 5.90. The number of hydrogen-bond acceptors (Lipinski definition) is 3. The zero-order chi connectivity index (χ0) is 14.8. The van der Waals surface area contributed by atoms with Gasteiger partial charge in [0.05, 0.1) is 17.4 Å². The van der Waals surface area contributed by atoms with E-state index in [9.17, 15) is 0 Å². The van der Waals surface area contributed by atoms with Gasteiger partial charge in [-0.1, -0.05) is 12.1 Å². The Morgan fingerprint density at radius 3 is 2.73 bits per heavy atom. The average molecular weight is 293 g/mol. The monoisotopic (exact) mass is 293 g/mol. The molecule has 1 heterocycles. The number of nitrogens with zero attached hydrogens (tertiary/aromatic N) is 1. The van der Waals surface area contributed by atoms with Crippen LogP contribution in [-0.4, -0.2) is 16.5 Å². The quantitative estimate of drug-likeness (QED) is 0.725. The van der Waals surface area contributed by atoms with Crippen LogP contribution in [0.15, 0.2) is 48.8 Å². The van der Waals surface area contributed by atoms with Gasteiger partial charge in [0.15, 0.2) is 0 Å². The van der Waals surface area contributed by atoms with Gasteiger partial charge < -0.3 is 15.0 Å². The lowest BCUT2D eigenvalue weighted by Gasteiger charge is -2.08. The molecule has 1 fully saturated rings. The number of H-pyrrole nitrogens is 1. The van der Waals surface area contributed by atoms with Gasteiger partial charge in [0.25, 0.3) is 0 Å². The van der Waals surface area contributed by atoms with Gasteiger partial charge in [0.1, 0.15) is 11.5 Å². The van der Waals surface area contributed by atoms with Crippen molar-refractivity contribution in [2.24, 2.45) is 5.92 Å². The first kappa shape index (κ1) is 13.3. The van der Waals surface area contributed by atoms with Crippen molar-refractivity contribution in [2.45, 2.75) is 19.4 Å². The summed E-state index contributed by atoms with van der Waals surface area (Å²) in [4.78, 5) is 7.30. The van der Waals surface area contributed by atoms with Crippen molar-refractivity contribution < 1.29 is 4.74 Å². The highest BCUT2D eigenvalue weighted by atomic mass is 16.5. The third kappa shape index (κ3) is 3.12. The van der Waals surface area contributed by atoms with Crippen molar-refractivity contribution in [3.8, 4) is 11.5 Å². The van der Waals surface area contributed by atoms with E-state index in [0.29, 0.717) is 0 Å². The summed E-state index contributed by atoms with van der Waals surface area (Å²) in [6, 6.07) is 14.1. The Kier molecular flexibility index (Phi) is 3.52. The predicted molar refractivity (Wildman–Crippen MR) is 87.0 cm³/mol. The number of benzene rings is 2. The van der Waals surface area contributed by atoms with Gasteiger partial charge in [-0.05, 0) is 55.1 Å². The van der Waals surface area contributed by atoms with E-state index in [1.165, 1.54) is 18.4 Å². The normalized spacial score (nSPS) is 14.4. The molecule has 0 amide bonds. The van der Waals surface area contributed by atoms with Crippen LogP contribution in [0.5, 0.6) is 11.5 Å². The highest BCUT2D eigenvalue weighted by molar-refractivity contribution is 5.76. The molecule has 3 aromatic rings. The van der Waals surface area contributed by atoms with Gasteiger partial charge in [0.2, 0.25) is 0 Å². The molecule has 2 aromatic carbocycles. The number of hydrogen-bond donors (Lipinski definition) is 2. The van der Waals surface area contributed by atoms with Crippen LogP contribution in [-0.2, 0) is 6.54 Å². The van der Waals surface area contributed by atoms with Crippen LogP contribution < -0.4 is 10.1 Å². The van der Waals surface area contributed by atoms with E-state index >= 15 is 0 Å². The summed E-state index contributed by atoms with van der Waals surface area (Å²) in [6.07, 6.45) is 4.47. The van der Waals surface area contributed by atoms with Crippen molar-refractivity contribution in [3.63, 3.8) is 0 Å². The first-order chi connectivity index (χ1) is 10.9. The number of fused-ring (bicyclic) bond motifs is 1. The Balaban J connectivity index is 1.39. The van der Waals surface area contributed by atoms with Crippen LogP contribution in [0.2, 0.25) is 0 Å². The van der Waals surface area contributed by atoms with E-state index in [2.05, 4.69) is 27.4 Å². The standard InChI is InChI=1S/C18H19N3O/c1-2-13(1)10-19-11-14-3-5-15(6-4-14)22-16-7-8-17-18(9-16)21-12-20-17/h3-9,12-13,19H,1-2,10-11H2,(H,20,21). The highest BCUT2D eigenvalue weighted by Crippen LogP contribution is 2.28. The van der Waals surface area contributed by atoms with Crippen molar-refractivity contribution in [1.29, 1.82) is 0 Å². The second-order valence-corrected chi connectivity index (χ2v) is 5.90. The Hall–Kier alpha value is -2.33. The van der Waals surface area contributed by atoms with E-state index in [1.54, 1.807) is 6.33 Å². The van der Waals surface area contributed by atoms with E-state index in [-0.39, 0.29) is 0 Å². The second-order valence-electron chi connectivity index (χ2n) is 5.90. The first-order valence-electron chi connectivity index (χ1n) is 7.77. The van der Waals surface area contributed by atoms with Gasteiger partial charge in [-0.25, -0.2) is 4.98 Å². The molecule has 1 aliphatic carbocycles. The van der Waals surface area contributed by atoms with Crippen LogP contribution in [0.25, 0.3) is 11.0 Å². The zero-order valence-electron chi connectivity index (χ0n) is 12.4. The van der Waals surface area contributed by atoms with Crippen molar-refractivity contribution >= 4 is 11.0 Å². The second kappa shape index (κ2) is 5.81. The lowest BCUT2D eigenvalue weighted by Crippen LogP contribution is -2.15. The number of ether oxygens (including phenoxy) is 1. The zero-order valence-corrected chi connectivity index (χ0v) is 12.4. The summed E-state index contributed by atoms with van der Waals surface area (Å²) in [5.41, 5.74) is 3.22. The topological polar surface area (TPSA) is 49.9 Å². The molecule has 0 unspecified atom stereocenters. The van der Waals surface area contributed by atoms with Gasteiger partial charge in [-0.3, -0.25) is 0 Å². The molecule has 4 nitrogen and oxygen atoms in total. The number of imidazole rings is 1. The van der Waals surface area contributed by atoms with Crippen LogP contribution in [0.4, 0.5) is 0 Å². The molecule has 0 atom stereocenters. The van der Waals surface area contributed by atoms with Gasteiger partial charge in [0, 0.05) is 12.6 Å². The predicted octanol–water partition coefficient (Wildman–Crippen LogP) is 3.85. The Labute approximate surface area is 129 Å². The Bertz CT molecular complexity index is 759. The minimum atomic E-state index is 0.816. The molecule has 0 radical (unpaired) electrons. The molecular formula is C18H19N3O. The number of nitrogens with one attached hydrogen (secondary N) is 2. The van der Waals surface area contributed by atoms with Crippen LogP contribution in [0.3, 0.4) is 0 Å². The Morgan fingerprint density at radius 2 is 1.91 bits per heavy atom. The maximum atomic E-state index is 5.90. The van der Waals surface area contributed by atoms with Crippen LogP contribution in [0, 0.1) is 5.92 Å². The van der Waals surface area contributed by atoms with E-state index in [1.807, 2.05) is 30.3 Å². The number of aromatic nitrogens is 2. The fourth-order valence-corrected chi connectivity index (χ4v) is 2.53. The van der Waals surface area contributed by atoms with Gasteiger partial charge >= 0.3 is 0 Å². The van der Waals surface area contributed by atoms with E-state index in [4.69, 9.17) is 4.74 Å². The lowest BCUT2D eigenvalue weighted by molar-refractivity contribution is 0.483.